The highest BCUT2D eigenvalue weighted by molar-refractivity contribution is 5.79. The summed E-state index contributed by atoms with van der Waals surface area (Å²) < 4.78 is 13.4. The topological polar surface area (TPSA) is 102 Å². The molecular weight excluding hydrogens is 412 g/mol. The van der Waals surface area contributed by atoms with Crippen molar-refractivity contribution in [3.63, 3.8) is 0 Å². The van der Waals surface area contributed by atoms with Crippen LogP contribution in [0, 0.1) is 0 Å². The van der Waals surface area contributed by atoms with Crippen LogP contribution < -0.4 is 10.1 Å². The first kappa shape index (κ1) is 22.1. The number of piperidine rings is 1. The van der Waals surface area contributed by atoms with E-state index in [0.29, 0.717) is 38.4 Å². The van der Waals surface area contributed by atoms with Crippen LogP contribution in [-0.2, 0) is 35.6 Å². The van der Waals surface area contributed by atoms with Gasteiger partial charge < -0.3 is 24.6 Å². The number of methoxy groups -OCH3 is 1. The highest BCUT2D eigenvalue weighted by Crippen LogP contribution is 2.32. The molecule has 10 heteroatoms. The Morgan fingerprint density at radius 1 is 1.25 bits per heavy atom. The van der Waals surface area contributed by atoms with E-state index >= 15 is 0 Å². The number of fused-ring (bicyclic) bond motifs is 1. The number of hydrogen-bond donors (Lipinski definition) is 1. The molecule has 2 aliphatic rings. The number of likely N-dealkylation sites (tertiary alicyclic amines) is 1. The zero-order chi connectivity index (χ0) is 22.7. The van der Waals surface area contributed by atoms with Gasteiger partial charge in [-0.25, -0.2) is 9.48 Å². The molecule has 1 fully saturated rings. The Bertz CT molecular complexity index is 973. The van der Waals surface area contributed by atoms with Crippen molar-refractivity contribution in [2.24, 2.45) is 0 Å². The van der Waals surface area contributed by atoms with Crippen molar-refractivity contribution in [3.05, 3.63) is 41.2 Å². The maximum atomic E-state index is 13.0. The highest BCUT2D eigenvalue weighted by atomic mass is 16.5. The van der Waals surface area contributed by atoms with Crippen molar-refractivity contribution in [2.45, 2.75) is 44.6 Å². The predicted molar refractivity (Wildman–Crippen MR) is 116 cm³/mol. The number of urea groups is 1. The van der Waals surface area contributed by atoms with Gasteiger partial charge in [-0.1, -0.05) is 17.3 Å². The number of carbonyl (C=O) groups is 2. The Morgan fingerprint density at radius 2 is 2.03 bits per heavy atom. The molecular formula is C22H30N6O4. The lowest BCUT2D eigenvalue weighted by Crippen LogP contribution is -2.56. The standard InChI is InChI=1S/C22H30N6O4/c1-26(2)21(30)23-12-18-19-13-32-22(15-28(19)25-24-18)9-4-10-27(14-22)20(29)11-16-5-7-17(31-3)8-6-16/h5-8H,4,9-15H2,1-3H3,(H,23,30). The van der Waals surface area contributed by atoms with Crippen LogP contribution >= 0.6 is 0 Å². The third-order valence-corrected chi connectivity index (χ3v) is 6.09. The summed E-state index contributed by atoms with van der Waals surface area (Å²) >= 11 is 0. The third-order valence-electron chi connectivity index (χ3n) is 6.09. The van der Waals surface area contributed by atoms with Crippen LogP contribution in [0.4, 0.5) is 4.79 Å². The highest BCUT2D eigenvalue weighted by Gasteiger charge is 2.42. The smallest absolute Gasteiger partial charge is 0.317 e. The van der Waals surface area contributed by atoms with Crippen LogP contribution in [0.25, 0.3) is 0 Å². The number of ether oxygens (including phenoxy) is 2. The Hall–Kier alpha value is -3.14. The number of benzene rings is 1. The number of rotatable bonds is 5. The normalized spacial score (nSPS) is 20.0. The Morgan fingerprint density at radius 3 is 2.75 bits per heavy atom. The first-order valence-corrected chi connectivity index (χ1v) is 10.8. The molecule has 1 aromatic carbocycles. The van der Waals surface area contributed by atoms with E-state index in [-0.39, 0.29) is 11.9 Å². The van der Waals surface area contributed by atoms with Gasteiger partial charge in [-0.3, -0.25) is 4.79 Å². The van der Waals surface area contributed by atoms with Crippen molar-refractivity contribution >= 4 is 11.9 Å². The SMILES string of the molecule is COc1ccc(CC(=O)N2CCCC3(C2)Cn2nnc(CNC(=O)N(C)C)c2CO3)cc1. The maximum Gasteiger partial charge on any atom is 0.317 e. The minimum Gasteiger partial charge on any atom is -0.497 e. The van der Waals surface area contributed by atoms with Gasteiger partial charge in [0, 0.05) is 20.6 Å². The van der Waals surface area contributed by atoms with Crippen molar-refractivity contribution in [1.82, 2.24) is 30.1 Å². The summed E-state index contributed by atoms with van der Waals surface area (Å²) in [6.07, 6.45) is 2.10. The molecule has 1 N–H and O–H groups in total. The van der Waals surface area contributed by atoms with E-state index in [9.17, 15) is 9.59 Å². The van der Waals surface area contributed by atoms with E-state index in [1.165, 1.54) is 4.90 Å². The second-order valence-corrected chi connectivity index (χ2v) is 8.61. The molecule has 0 bridgehead atoms. The Kier molecular flexibility index (Phi) is 6.31. The van der Waals surface area contributed by atoms with Gasteiger partial charge in [0.2, 0.25) is 5.91 Å². The first-order valence-electron chi connectivity index (χ1n) is 10.8. The molecule has 0 saturated carbocycles. The van der Waals surface area contributed by atoms with Gasteiger partial charge in [0.15, 0.2) is 0 Å². The molecule has 32 heavy (non-hydrogen) atoms. The maximum absolute atomic E-state index is 13.0. The quantitative estimate of drug-likeness (QED) is 0.747. The monoisotopic (exact) mass is 442 g/mol. The number of nitrogens with zero attached hydrogens (tertiary/aromatic N) is 5. The first-order chi connectivity index (χ1) is 15.4. The minimum atomic E-state index is -0.460. The summed E-state index contributed by atoms with van der Waals surface area (Å²) in [4.78, 5) is 28.1. The van der Waals surface area contributed by atoms with Gasteiger partial charge in [-0.05, 0) is 30.5 Å². The van der Waals surface area contributed by atoms with Crippen LogP contribution in [0.15, 0.2) is 24.3 Å². The molecule has 3 amide bonds. The molecule has 2 aliphatic heterocycles. The second kappa shape index (κ2) is 9.15. The fourth-order valence-corrected chi connectivity index (χ4v) is 4.24. The summed E-state index contributed by atoms with van der Waals surface area (Å²) in [7, 11) is 5.00. The van der Waals surface area contributed by atoms with Gasteiger partial charge >= 0.3 is 6.03 Å². The van der Waals surface area contributed by atoms with E-state index in [1.54, 1.807) is 21.2 Å². The number of nitrogens with one attached hydrogen (secondary N) is 1. The number of carbonyl (C=O) groups excluding carboxylic acids is 2. The largest absolute Gasteiger partial charge is 0.497 e. The van der Waals surface area contributed by atoms with Crippen LogP contribution in [-0.4, -0.2) is 76.6 Å². The van der Waals surface area contributed by atoms with Crippen LogP contribution in [0.5, 0.6) is 5.75 Å². The van der Waals surface area contributed by atoms with Crippen molar-refractivity contribution in [2.75, 3.05) is 34.3 Å². The molecule has 10 nitrogen and oxygen atoms in total. The van der Waals surface area contributed by atoms with E-state index in [2.05, 4.69) is 15.6 Å². The number of hydrogen-bond acceptors (Lipinski definition) is 6. The van der Waals surface area contributed by atoms with E-state index in [4.69, 9.17) is 9.47 Å². The zero-order valence-corrected chi connectivity index (χ0v) is 18.8. The predicted octanol–water partition coefficient (Wildman–Crippen LogP) is 1.19. The molecule has 1 saturated heterocycles. The molecule has 1 spiro atoms. The summed E-state index contributed by atoms with van der Waals surface area (Å²) in [5, 5.41) is 11.3. The van der Waals surface area contributed by atoms with Gasteiger partial charge in [-0.15, -0.1) is 5.10 Å². The number of amides is 3. The average molecular weight is 443 g/mol. The summed E-state index contributed by atoms with van der Waals surface area (Å²) in [6.45, 7) is 2.47. The molecule has 0 aliphatic carbocycles. The summed E-state index contributed by atoms with van der Waals surface area (Å²) in [5.74, 6) is 0.868. The van der Waals surface area contributed by atoms with Gasteiger partial charge in [0.25, 0.3) is 0 Å². The molecule has 2 aromatic rings. The van der Waals surface area contributed by atoms with Crippen LogP contribution in [0.1, 0.15) is 29.8 Å². The molecule has 1 atom stereocenters. The fourth-order valence-electron chi connectivity index (χ4n) is 4.24. The van der Waals surface area contributed by atoms with Crippen molar-refractivity contribution in [3.8, 4) is 5.75 Å². The van der Waals surface area contributed by atoms with Crippen molar-refractivity contribution in [1.29, 1.82) is 0 Å². The van der Waals surface area contributed by atoms with E-state index in [1.807, 2.05) is 33.8 Å². The van der Waals surface area contributed by atoms with E-state index in [0.717, 1.165) is 36.4 Å². The minimum absolute atomic E-state index is 0.0920. The molecule has 1 aromatic heterocycles. The fraction of sp³-hybridized carbons (Fsp3) is 0.545. The van der Waals surface area contributed by atoms with Crippen molar-refractivity contribution < 1.29 is 19.1 Å². The molecule has 1 unspecified atom stereocenters. The second-order valence-electron chi connectivity index (χ2n) is 8.61. The summed E-state index contributed by atoms with van der Waals surface area (Å²) in [5.41, 5.74) is 2.08. The van der Waals surface area contributed by atoms with Crippen LogP contribution in [0.3, 0.4) is 0 Å². The molecule has 172 valence electrons. The summed E-state index contributed by atoms with van der Waals surface area (Å²) in [6, 6.07) is 7.40. The third kappa shape index (κ3) is 4.69. The van der Waals surface area contributed by atoms with Crippen LogP contribution in [0.2, 0.25) is 0 Å². The van der Waals surface area contributed by atoms with Gasteiger partial charge in [0.05, 0.1) is 45.5 Å². The molecule has 4 rings (SSSR count). The lowest BCUT2D eigenvalue weighted by molar-refractivity contribution is -0.152. The van der Waals surface area contributed by atoms with Gasteiger partial charge in [0.1, 0.15) is 17.0 Å². The average Bonchev–Trinajstić information content (AvgIpc) is 3.19. The number of aromatic nitrogens is 3. The Labute approximate surface area is 187 Å². The van der Waals surface area contributed by atoms with E-state index < -0.39 is 5.60 Å². The lowest BCUT2D eigenvalue weighted by Gasteiger charge is -2.44. The lowest BCUT2D eigenvalue weighted by atomic mass is 9.91. The molecule has 0 radical (unpaired) electrons. The Balaban J connectivity index is 1.39. The molecule has 3 heterocycles. The zero-order valence-electron chi connectivity index (χ0n) is 18.8. The van der Waals surface area contributed by atoms with Gasteiger partial charge in [-0.2, -0.15) is 0 Å².